The van der Waals surface area contributed by atoms with Crippen molar-refractivity contribution in [3.8, 4) is 0 Å². The number of anilines is 2. The fourth-order valence-electron chi connectivity index (χ4n) is 4.25. The minimum Gasteiger partial charge on any atom is -0.389 e. The first-order chi connectivity index (χ1) is 13.1. The molecule has 2 aromatic rings. The number of thiocarbonyl (C=S) groups is 1. The average Bonchev–Trinajstić information content (AvgIpc) is 2.93. The quantitative estimate of drug-likeness (QED) is 0.568. The lowest BCUT2D eigenvalue weighted by Crippen LogP contribution is -2.30. The molecule has 0 amide bonds. The van der Waals surface area contributed by atoms with Gasteiger partial charge in [0.05, 0.1) is 11.4 Å². The second kappa shape index (κ2) is 8.21. The van der Waals surface area contributed by atoms with Crippen molar-refractivity contribution in [1.82, 2.24) is 4.90 Å². The van der Waals surface area contributed by atoms with Gasteiger partial charge in [-0.3, -0.25) is 0 Å². The third-order valence-electron chi connectivity index (χ3n) is 5.56. The van der Waals surface area contributed by atoms with E-state index in [0.29, 0.717) is 10.9 Å². The second-order valence-corrected chi connectivity index (χ2v) is 9.13. The monoisotopic (exact) mass is 397 g/mol. The first-order valence-corrected chi connectivity index (χ1v) is 11.1. The highest BCUT2D eigenvalue weighted by molar-refractivity contribution is 7.99. The highest BCUT2D eigenvalue weighted by Gasteiger charge is 2.25. The number of para-hydroxylation sites is 1. The van der Waals surface area contributed by atoms with Gasteiger partial charge < -0.3 is 16.0 Å². The molecule has 3 N–H and O–H groups in total. The molecule has 3 nitrogen and oxygen atoms in total. The van der Waals surface area contributed by atoms with Gasteiger partial charge in [0.1, 0.15) is 4.99 Å². The van der Waals surface area contributed by atoms with Gasteiger partial charge in [0.2, 0.25) is 0 Å². The van der Waals surface area contributed by atoms with Crippen LogP contribution in [0, 0.1) is 0 Å². The Balaban J connectivity index is 1.69. The molecular weight excluding hydrogens is 370 g/mol. The van der Waals surface area contributed by atoms with Crippen molar-refractivity contribution >= 4 is 40.3 Å². The second-order valence-electron chi connectivity index (χ2n) is 7.60. The fourth-order valence-corrected chi connectivity index (χ4v) is 5.44. The lowest BCUT2D eigenvalue weighted by molar-refractivity contribution is 0.271. The summed E-state index contributed by atoms with van der Waals surface area (Å²) in [5, 5.41) is 3.68. The lowest BCUT2D eigenvalue weighted by atomic mass is 9.92. The molecule has 1 atom stereocenters. The Labute approximate surface area is 171 Å². The molecule has 2 aromatic carbocycles. The van der Waals surface area contributed by atoms with E-state index in [1.54, 1.807) is 0 Å². The van der Waals surface area contributed by atoms with Gasteiger partial charge in [-0.2, -0.15) is 0 Å². The molecule has 0 spiro atoms. The summed E-state index contributed by atoms with van der Waals surface area (Å²) < 4.78 is 0. The van der Waals surface area contributed by atoms with Gasteiger partial charge in [-0.25, -0.2) is 0 Å². The molecule has 1 unspecified atom stereocenters. The number of hydrogen-bond acceptors (Lipinski definition) is 4. The van der Waals surface area contributed by atoms with E-state index in [1.165, 1.54) is 65.5 Å². The highest BCUT2D eigenvalue weighted by Crippen LogP contribution is 2.47. The van der Waals surface area contributed by atoms with E-state index in [9.17, 15) is 0 Å². The smallest absolute Gasteiger partial charge is 0.104 e. The summed E-state index contributed by atoms with van der Waals surface area (Å²) in [4.78, 5) is 5.62. The molecule has 27 heavy (non-hydrogen) atoms. The largest absolute Gasteiger partial charge is 0.389 e. The van der Waals surface area contributed by atoms with E-state index >= 15 is 0 Å². The zero-order valence-electron chi connectivity index (χ0n) is 15.8. The van der Waals surface area contributed by atoms with Crippen LogP contribution in [0.15, 0.2) is 46.2 Å². The standard InChI is InChI=1S/C22H27N3S2/c1-15(14-25-12-6-2-3-7-13-25)20-16(22(23)26)10-11-19-21(20)24-17-8-4-5-9-18(17)27-19/h4-5,8-11,15,24H,2-3,6-7,12-14H2,1H3,(H2,23,26). The Kier molecular flexibility index (Phi) is 5.71. The van der Waals surface area contributed by atoms with Gasteiger partial charge >= 0.3 is 0 Å². The van der Waals surface area contributed by atoms with Crippen LogP contribution in [-0.2, 0) is 0 Å². The summed E-state index contributed by atoms with van der Waals surface area (Å²) in [5.74, 6) is 0.368. The van der Waals surface area contributed by atoms with Crippen molar-refractivity contribution in [2.45, 2.75) is 48.3 Å². The molecule has 5 heteroatoms. The van der Waals surface area contributed by atoms with Gasteiger partial charge in [-0.05, 0) is 55.6 Å². The number of hydrogen-bond donors (Lipinski definition) is 2. The van der Waals surface area contributed by atoms with Crippen LogP contribution in [0.1, 0.15) is 49.7 Å². The van der Waals surface area contributed by atoms with Gasteiger partial charge in [0.15, 0.2) is 0 Å². The summed E-state index contributed by atoms with van der Waals surface area (Å²) >= 11 is 7.23. The van der Waals surface area contributed by atoms with Crippen molar-refractivity contribution in [1.29, 1.82) is 0 Å². The van der Waals surface area contributed by atoms with Crippen LogP contribution < -0.4 is 11.1 Å². The fraction of sp³-hybridized carbons (Fsp3) is 0.409. The van der Waals surface area contributed by atoms with Crippen LogP contribution in [0.3, 0.4) is 0 Å². The molecule has 2 aliphatic heterocycles. The van der Waals surface area contributed by atoms with E-state index in [0.717, 1.165) is 12.1 Å². The Morgan fingerprint density at radius 3 is 2.59 bits per heavy atom. The van der Waals surface area contributed by atoms with Gasteiger partial charge in [-0.1, -0.05) is 61.9 Å². The zero-order valence-corrected chi connectivity index (χ0v) is 17.5. The van der Waals surface area contributed by atoms with Crippen LogP contribution in [0.2, 0.25) is 0 Å². The lowest BCUT2D eigenvalue weighted by Gasteiger charge is -2.30. The number of fused-ring (bicyclic) bond motifs is 2. The molecule has 2 aliphatic rings. The Morgan fingerprint density at radius 2 is 1.85 bits per heavy atom. The van der Waals surface area contributed by atoms with Gasteiger partial charge in [0.25, 0.3) is 0 Å². The van der Waals surface area contributed by atoms with Crippen molar-refractivity contribution in [3.05, 3.63) is 47.5 Å². The third kappa shape index (κ3) is 4.00. The summed E-state index contributed by atoms with van der Waals surface area (Å²) in [6, 6.07) is 12.7. The summed E-state index contributed by atoms with van der Waals surface area (Å²) in [6.45, 7) is 5.77. The van der Waals surface area contributed by atoms with E-state index < -0.39 is 0 Å². The van der Waals surface area contributed by atoms with Crippen molar-refractivity contribution in [3.63, 3.8) is 0 Å². The molecule has 1 fully saturated rings. The van der Waals surface area contributed by atoms with E-state index in [4.69, 9.17) is 18.0 Å². The van der Waals surface area contributed by atoms with Crippen LogP contribution in [0.4, 0.5) is 11.4 Å². The Bertz CT molecular complexity index is 841. The maximum absolute atomic E-state index is 6.12. The average molecular weight is 398 g/mol. The molecular formula is C22H27N3S2. The van der Waals surface area contributed by atoms with E-state index in [1.807, 2.05) is 11.8 Å². The number of nitrogens with two attached hydrogens (primary N) is 1. The highest BCUT2D eigenvalue weighted by atomic mass is 32.2. The number of nitrogens with zero attached hydrogens (tertiary/aromatic N) is 1. The summed E-state index contributed by atoms with van der Waals surface area (Å²) in [7, 11) is 0. The van der Waals surface area contributed by atoms with E-state index in [-0.39, 0.29) is 0 Å². The normalized spacial score (nSPS) is 18.0. The zero-order chi connectivity index (χ0) is 18.8. The Morgan fingerprint density at radius 1 is 1.11 bits per heavy atom. The molecule has 142 valence electrons. The maximum Gasteiger partial charge on any atom is 0.104 e. The molecule has 1 saturated heterocycles. The summed E-state index contributed by atoms with van der Waals surface area (Å²) in [5.41, 5.74) is 10.8. The molecule has 0 radical (unpaired) electrons. The molecule has 2 heterocycles. The molecule has 0 aromatic heterocycles. The van der Waals surface area contributed by atoms with Crippen molar-refractivity contribution in [2.75, 3.05) is 25.0 Å². The minimum absolute atomic E-state index is 0.368. The number of likely N-dealkylation sites (tertiary alicyclic amines) is 1. The first kappa shape index (κ1) is 18.8. The maximum atomic E-state index is 6.12. The topological polar surface area (TPSA) is 41.3 Å². The molecule has 0 saturated carbocycles. The predicted molar refractivity (Wildman–Crippen MR) is 120 cm³/mol. The van der Waals surface area contributed by atoms with Crippen LogP contribution >= 0.6 is 24.0 Å². The predicted octanol–water partition coefficient (Wildman–Crippen LogP) is 5.51. The van der Waals surface area contributed by atoms with E-state index in [2.05, 4.69) is 53.5 Å². The summed E-state index contributed by atoms with van der Waals surface area (Å²) in [6.07, 6.45) is 5.34. The Hall–Kier alpha value is -1.56. The van der Waals surface area contributed by atoms with Crippen molar-refractivity contribution < 1.29 is 0 Å². The SMILES string of the molecule is CC(CN1CCCCCC1)c1c(C(N)=S)ccc2c1Nc1ccccc1S2. The number of rotatable bonds is 4. The van der Waals surface area contributed by atoms with Gasteiger partial charge in [-0.15, -0.1) is 0 Å². The van der Waals surface area contributed by atoms with Gasteiger partial charge in [0, 0.05) is 21.9 Å². The molecule has 0 aliphatic carbocycles. The minimum atomic E-state index is 0.368. The third-order valence-corrected chi connectivity index (χ3v) is 6.92. The number of benzene rings is 2. The molecule has 0 bridgehead atoms. The number of nitrogens with one attached hydrogen (secondary N) is 1. The first-order valence-electron chi connectivity index (χ1n) is 9.86. The van der Waals surface area contributed by atoms with Crippen molar-refractivity contribution in [2.24, 2.45) is 5.73 Å². The van der Waals surface area contributed by atoms with Crippen LogP contribution in [0.5, 0.6) is 0 Å². The van der Waals surface area contributed by atoms with Crippen LogP contribution in [-0.4, -0.2) is 29.5 Å². The molecule has 4 rings (SSSR count). The van der Waals surface area contributed by atoms with Crippen LogP contribution in [0.25, 0.3) is 0 Å².